The van der Waals surface area contributed by atoms with Gasteiger partial charge in [-0.25, -0.2) is 14.2 Å². The molecule has 0 fully saturated rings. The maximum atomic E-state index is 13.8. The first-order valence-electron chi connectivity index (χ1n) is 14.5. The first kappa shape index (κ1) is 35.7. The van der Waals surface area contributed by atoms with Crippen molar-refractivity contribution in [2.24, 2.45) is 0 Å². The first-order chi connectivity index (χ1) is 23.1. The average molecular weight is 677 g/mol. The van der Waals surface area contributed by atoms with E-state index in [9.17, 15) is 33.1 Å². The molecular weight excluding hydrogens is 647 g/mol. The van der Waals surface area contributed by atoms with Gasteiger partial charge in [0.05, 0.1) is 50.6 Å². The molecule has 1 amide bonds. The summed E-state index contributed by atoms with van der Waals surface area (Å²) in [4.78, 5) is 41.4. The van der Waals surface area contributed by atoms with Crippen LogP contribution in [0, 0.1) is 18.3 Å². The molecule has 0 atom stereocenters. The van der Waals surface area contributed by atoms with Crippen molar-refractivity contribution in [1.82, 2.24) is 29.4 Å². The van der Waals surface area contributed by atoms with Crippen LogP contribution in [0.3, 0.4) is 0 Å². The van der Waals surface area contributed by atoms with Crippen molar-refractivity contribution in [3.8, 4) is 34.3 Å². The van der Waals surface area contributed by atoms with Crippen LogP contribution in [-0.4, -0.2) is 79.9 Å². The number of hydrogen-bond donors (Lipinski definition) is 1. The van der Waals surface area contributed by atoms with Gasteiger partial charge < -0.3 is 24.3 Å². The van der Waals surface area contributed by atoms with E-state index in [-0.39, 0.29) is 46.4 Å². The number of carbonyl (C=O) groups is 3. The summed E-state index contributed by atoms with van der Waals surface area (Å²) >= 11 is 0. The standard InChI is InChI=1S/C31H28F3N9O3.CH2O2/c1-18-23(27-37-26(29(45)46)39-42(27)22-12-10-19(16-35)11-13-22)17-41-28(25(18)20-7-5-8-21(15-20)31(32,33)34)38-30(40-41)36-24(44)9-6-14-43(2,3)4;2-1-3/h5,7-8,10-13,15,17H,6,9,14H2,1-4H3,(H-,36,40,44,45,46);1H,(H,2,3)/p-1. The van der Waals surface area contributed by atoms with Gasteiger partial charge in [0.25, 0.3) is 0 Å². The highest BCUT2D eigenvalue weighted by Gasteiger charge is 2.31. The number of alkyl halides is 3. The first-order valence-corrected chi connectivity index (χ1v) is 14.5. The van der Waals surface area contributed by atoms with Crippen LogP contribution in [0.4, 0.5) is 19.1 Å². The van der Waals surface area contributed by atoms with Gasteiger partial charge in [0.1, 0.15) is 5.97 Å². The van der Waals surface area contributed by atoms with Crippen LogP contribution in [0.5, 0.6) is 0 Å². The van der Waals surface area contributed by atoms with E-state index >= 15 is 0 Å². The van der Waals surface area contributed by atoms with Crippen molar-refractivity contribution in [2.45, 2.75) is 25.9 Å². The molecule has 0 aliphatic heterocycles. The minimum Gasteiger partial charge on any atom is -0.554 e. The number of amides is 1. The summed E-state index contributed by atoms with van der Waals surface area (Å²) in [6.45, 7) is 1.88. The molecule has 14 nitrogen and oxygen atoms in total. The number of benzene rings is 2. The summed E-state index contributed by atoms with van der Waals surface area (Å²) in [5.41, 5.74) is 0.995. The molecular formula is C32H29F3N9O5-. The lowest BCUT2D eigenvalue weighted by Gasteiger charge is -2.23. The predicted octanol–water partition coefficient (Wildman–Crippen LogP) is 2.00. The molecule has 0 saturated carbocycles. The number of nitrogens with zero attached hydrogens (tertiary/aromatic N) is 8. The third-order valence-electron chi connectivity index (χ3n) is 7.12. The maximum Gasteiger partial charge on any atom is 0.416 e. The molecule has 3 heterocycles. The van der Waals surface area contributed by atoms with E-state index < -0.39 is 30.0 Å². The Balaban J connectivity index is 0.00000174. The van der Waals surface area contributed by atoms with Gasteiger partial charge in [0.15, 0.2) is 17.3 Å². The number of pyridine rings is 1. The molecule has 3 aromatic heterocycles. The Morgan fingerprint density at radius 2 is 1.76 bits per heavy atom. The molecule has 0 saturated heterocycles. The van der Waals surface area contributed by atoms with Crippen molar-refractivity contribution < 1.29 is 42.3 Å². The van der Waals surface area contributed by atoms with Crippen LogP contribution in [0.25, 0.3) is 33.8 Å². The van der Waals surface area contributed by atoms with E-state index in [1.807, 2.05) is 27.2 Å². The Hall–Kier alpha value is -6.15. The molecule has 5 rings (SSSR count). The summed E-state index contributed by atoms with van der Waals surface area (Å²) in [7, 11) is 6.03. The van der Waals surface area contributed by atoms with Crippen molar-refractivity contribution in [1.29, 1.82) is 5.26 Å². The van der Waals surface area contributed by atoms with Crippen molar-refractivity contribution in [2.75, 3.05) is 33.0 Å². The summed E-state index contributed by atoms with van der Waals surface area (Å²) in [5.74, 6) is -2.68. The van der Waals surface area contributed by atoms with E-state index in [1.54, 1.807) is 19.1 Å². The Kier molecular flexibility index (Phi) is 10.4. The Labute approximate surface area is 277 Å². The molecule has 0 spiro atoms. The minimum absolute atomic E-state index is 0.0120. The number of rotatable bonds is 9. The van der Waals surface area contributed by atoms with Gasteiger partial charge in [-0.15, -0.1) is 10.2 Å². The quantitative estimate of drug-likeness (QED) is 0.178. The zero-order valence-electron chi connectivity index (χ0n) is 26.6. The third kappa shape index (κ3) is 8.42. The average Bonchev–Trinajstić information content (AvgIpc) is 3.64. The summed E-state index contributed by atoms with van der Waals surface area (Å²) in [5, 5.41) is 40.4. The number of nitriles is 1. The molecule has 17 heteroatoms. The highest BCUT2D eigenvalue weighted by Crippen LogP contribution is 2.38. The lowest BCUT2D eigenvalue weighted by atomic mass is 9.96. The van der Waals surface area contributed by atoms with Gasteiger partial charge in [0, 0.05) is 36.6 Å². The van der Waals surface area contributed by atoms with Crippen LogP contribution in [0.1, 0.15) is 40.2 Å². The van der Waals surface area contributed by atoms with Gasteiger partial charge >= 0.3 is 6.18 Å². The number of carboxylic acids is 1. The Bertz CT molecular complexity index is 2060. The molecule has 5 aromatic rings. The molecule has 49 heavy (non-hydrogen) atoms. The second-order valence-corrected chi connectivity index (χ2v) is 11.7. The number of hydrogen-bond acceptors (Lipinski definition) is 10. The second kappa shape index (κ2) is 14.3. The van der Waals surface area contributed by atoms with Gasteiger partial charge in [0.2, 0.25) is 11.9 Å². The van der Waals surface area contributed by atoms with E-state index in [1.165, 1.54) is 39.7 Å². The third-order valence-corrected chi connectivity index (χ3v) is 7.12. The van der Waals surface area contributed by atoms with Crippen LogP contribution in [-0.2, 0) is 15.8 Å². The molecule has 0 bridgehead atoms. The molecule has 0 radical (unpaired) electrons. The Morgan fingerprint density at radius 3 is 2.35 bits per heavy atom. The van der Waals surface area contributed by atoms with Gasteiger partial charge in [-0.3, -0.25) is 10.1 Å². The lowest BCUT2D eigenvalue weighted by Crippen LogP contribution is -2.35. The smallest absolute Gasteiger partial charge is 0.416 e. The number of fused-ring (bicyclic) bond motifs is 1. The van der Waals surface area contributed by atoms with E-state index in [2.05, 4.69) is 25.5 Å². The number of carbonyl (C=O) groups excluding carboxylic acids is 3. The number of aromatic nitrogens is 6. The fraction of sp³-hybridized carbons (Fsp3) is 0.250. The second-order valence-electron chi connectivity index (χ2n) is 11.7. The molecule has 2 aromatic carbocycles. The topological polar surface area (TPSA) is 194 Å². The molecule has 254 valence electrons. The Morgan fingerprint density at radius 1 is 1.08 bits per heavy atom. The highest BCUT2D eigenvalue weighted by atomic mass is 19.4. The fourth-order valence-corrected chi connectivity index (χ4v) is 4.91. The summed E-state index contributed by atoms with van der Waals surface area (Å²) in [6, 6.07) is 12.8. The maximum absolute atomic E-state index is 13.8. The molecule has 0 unspecified atom stereocenters. The number of halogens is 3. The van der Waals surface area contributed by atoms with E-state index in [0.717, 1.165) is 18.7 Å². The number of nitrogens with one attached hydrogen (secondary N) is 1. The van der Waals surface area contributed by atoms with Crippen molar-refractivity contribution >= 4 is 29.9 Å². The SMILES string of the molecule is Cc1c(-c2nc(C(=O)[O-])nn2-c2ccc(C#N)cc2)cn2nc(NC(=O)CCC[N+](C)(C)C)nc2c1-c1cccc(C(F)(F)F)c1.O=C[O-]. The van der Waals surface area contributed by atoms with E-state index in [0.29, 0.717) is 27.7 Å². The minimum atomic E-state index is -4.63. The molecule has 0 aliphatic rings. The van der Waals surface area contributed by atoms with Gasteiger partial charge in [-0.2, -0.15) is 23.4 Å². The van der Waals surface area contributed by atoms with E-state index in [4.69, 9.17) is 9.90 Å². The normalized spacial score (nSPS) is 11.4. The lowest BCUT2D eigenvalue weighted by molar-refractivity contribution is -0.870. The van der Waals surface area contributed by atoms with Crippen LogP contribution >= 0.6 is 0 Å². The van der Waals surface area contributed by atoms with Crippen molar-refractivity contribution in [3.05, 3.63) is 77.2 Å². The number of anilines is 1. The van der Waals surface area contributed by atoms with Gasteiger partial charge in [-0.1, -0.05) is 12.1 Å². The zero-order chi connectivity index (χ0) is 36.1. The fourth-order valence-electron chi connectivity index (χ4n) is 4.91. The number of aromatic carboxylic acids is 1. The monoisotopic (exact) mass is 676 g/mol. The predicted molar refractivity (Wildman–Crippen MR) is 164 cm³/mol. The van der Waals surface area contributed by atoms with Crippen LogP contribution in [0.2, 0.25) is 0 Å². The van der Waals surface area contributed by atoms with Crippen LogP contribution < -0.4 is 15.5 Å². The largest absolute Gasteiger partial charge is 0.554 e. The molecule has 1 N–H and O–H groups in total. The summed E-state index contributed by atoms with van der Waals surface area (Å²) in [6.07, 6.45) is -2.34. The van der Waals surface area contributed by atoms with Crippen molar-refractivity contribution in [3.63, 3.8) is 0 Å². The number of quaternary nitrogens is 1. The highest BCUT2D eigenvalue weighted by molar-refractivity contribution is 5.91. The zero-order valence-corrected chi connectivity index (χ0v) is 26.6. The number of carboxylic acid groups (broad SMARTS) is 2. The van der Waals surface area contributed by atoms with Crippen LogP contribution in [0.15, 0.2) is 54.7 Å². The summed E-state index contributed by atoms with van der Waals surface area (Å²) < 4.78 is 44.4. The van der Waals surface area contributed by atoms with Gasteiger partial charge in [-0.05, 0) is 54.4 Å². The molecule has 0 aliphatic carbocycles.